The van der Waals surface area contributed by atoms with Crippen molar-refractivity contribution < 1.29 is 9.90 Å². The summed E-state index contributed by atoms with van der Waals surface area (Å²) in [5.41, 5.74) is 3.40. The Bertz CT molecular complexity index is 361. The van der Waals surface area contributed by atoms with E-state index >= 15 is 0 Å². The number of nitrogens with one attached hydrogen (secondary N) is 1. The molecule has 1 aromatic heterocycles. The molecule has 0 atom stereocenters. The molecular formula is C11H15N3O2. The smallest absolute Gasteiger partial charge is 0.185 e. The van der Waals surface area contributed by atoms with Gasteiger partial charge in [0.05, 0.1) is 6.20 Å². The van der Waals surface area contributed by atoms with Gasteiger partial charge < -0.3 is 9.90 Å². The van der Waals surface area contributed by atoms with Gasteiger partial charge in [-0.1, -0.05) is 0 Å². The first-order valence-corrected chi connectivity index (χ1v) is 5.50. The van der Waals surface area contributed by atoms with Gasteiger partial charge in [0.1, 0.15) is 13.1 Å². The van der Waals surface area contributed by atoms with Gasteiger partial charge in [-0.2, -0.15) is 4.59 Å². The van der Waals surface area contributed by atoms with E-state index in [0.717, 1.165) is 38.0 Å². The van der Waals surface area contributed by atoms with E-state index in [2.05, 4.69) is 10.4 Å². The molecule has 86 valence electrons. The number of nitrogens with zero attached hydrogens (tertiary/aromatic N) is 2. The Labute approximate surface area is 94.3 Å². The number of piperidine rings is 1. The Kier molecular flexibility index (Phi) is 3.05. The number of hydrogen-bond acceptors (Lipinski definition) is 3. The first kappa shape index (κ1) is 10.9. The second-order valence-electron chi connectivity index (χ2n) is 4.09. The summed E-state index contributed by atoms with van der Waals surface area (Å²) < 4.78 is 0.246. The van der Waals surface area contributed by atoms with Crippen LogP contribution in [0.1, 0.15) is 19.3 Å². The molecule has 5 heteroatoms. The van der Waals surface area contributed by atoms with Crippen LogP contribution in [-0.4, -0.2) is 24.2 Å². The summed E-state index contributed by atoms with van der Waals surface area (Å²) in [5, 5.41) is 10.8. The van der Waals surface area contributed by atoms with Crippen LogP contribution in [0, 0.1) is 0 Å². The first-order valence-electron chi connectivity index (χ1n) is 5.50. The van der Waals surface area contributed by atoms with Crippen molar-refractivity contribution in [2.45, 2.75) is 19.3 Å². The van der Waals surface area contributed by atoms with Crippen LogP contribution in [0.25, 0.3) is 0 Å². The van der Waals surface area contributed by atoms with Crippen LogP contribution in [0.3, 0.4) is 0 Å². The van der Waals surface area contributed by atoms with E-state index < -0.39 is 6.09 Å². The summed E-state index contributed by atoms with van der Waals surface area (Å²) >= 11 is 0. The quantitative estimate of drug-likeness (QED) is 0.736. The molecule has 0 unspecified atom stereocenters. The van der Waals surface area contributed by atoms with E-state index in [0.29, 0.717) is 0 Å². The summed E-state index contributed by atoms with van der Waals surface area (Å²) in [4.78, 5) is 14.8. The lowest BCUT2D eigenvalue weighted by molar-refractivity contribution is -0.256. The van der Waals surface area contributed by atoms with Gasteiger partial charge >= 0.3 is 0 Å². The van der Waals surface area contributed by atoms with Crippen molar-refractivity contribution in [2.75, 3.05) is 13.1 Å². The van der Waals surface area contributed by atoms with Crippen molar-refractivity contribution in [3.05, 3.63) is 24.5 Å². The van der Waals surface area contributed by atoms with E-state index in [1.165, 1.54) is 0 Å². The number of aromatic nitrogens is 1. The number of amides is 1. The predicted octanol–water partition coefficient (Wildman–Crippen LogP) is 0.421. The summed E-state index contributed by atoms with van der Waals surface area (Å²) in [5.74, 6) is 0. The fourth-order valence-electron chi connectivity index (χ4n) is 2.27. The molecule has 0 spiro atoms. The molecule has 2 heterocycles. The van der Waals surface area contributed by atoms with E-state index in [-0.39, 0.29) is 4.59 Å². The van der Waals surface area contributed by atoms with Crippen LogP contribution in [0.4, 0.5) is 10.5 Å². The van der Waals surface area contributed by atoms with Crippen LogP contribution in [0.2, 0.25) is 0 Å². The number of carbonyl (C=O) groups is 1. The van der Waals surface area contributed by atoms with E-state index in [9.17, 15) is 9.90 Å². The maximum atomic E-state index is 10.8. The highest BCUT2D eigenvalue weighted by Crippen LogP contribution is 2.24. The minimum atomic E-state index is -1.23. The maximum Gasteiger partial charge on any atom is 0.185 e. The molecule has 0 bridgehead atoms. The molecule has 5 nitrogen and oxygen atoms in total. The zero-order valence-electron chi connectivity index (χ0n) is 9.06. The molecule has 1 amide bonds. The zero-order valence-corrected chi connectivity index (χ0v) is 9.06. The van der Waals surface area contributed by atoms with Crippen LogP contribution in [0.15, 0.2) is 24.5 Å². The van der Waals surface area contributed by atoms with Gasteiger partial charge in [-0.05, 0) is 25.3 Å². The van der Waals surface area contributed by atoms with Crippen molar-refractivity contribution in [3.8, 4) is 0 Å². The molecule has 2 rings (SSSR count). The number of carboxylic acid groups (broad SMARTS) is 1. The van der Waals surface area contributed by atoms with E-state index in [4.69, 9.17) is 0 Å². The summed E-state index contributed by atoms with van der Waals surface area (Å²) in [6.45, 7) is 1.53. The molecule has 0 saturated carbocycles. The topological polar surface area (TPSA) is 65.0 Å². The third-order valence-electron chi connectivity index (χ3n) is 3.03. The first-order chi connectivity index (χ1) is 7.73. The highest BCUT2D eigenvalue weighted by atomic mass is 16.4. The lowest BCUT2D eigenvalue weighted by Gasteiger charge is -2.40. The second kappa shape index (κ2) is 4.49. The Morgan fingerprint density at radius 2 is 2.12 bits per heavy atom. The number of rotatable bonds is 2. The third kappa shape index (κ3) is 2.14. The van der Waals surface area contributed by atoms with Gasteiger partial charge in [0, 0.05) is 12.3 Å². The van der Waals surface area contributed by atoms with E-state index in [1.807, 2.05) is 12.1 Å². The number of carbonyl (C=O) groups excluding carboxylic acids is 1. The van der Waals surface area contributed by atoms with Gasteiger partial charge in [0.15, 0.2) is 11.8 Å². The molecule has 1 saturated heterocycles. The van der Waals surface area contributed by atoms with Crippen LogP contribution < -0.4 is 15.1 Å². The Hall–Kier alpha value is -1.62. The lowest BCUT2D eigenvalue weighted by Crippen LogP contribution is -2.66. The highest BCUT2D eigenvalue weighted by molar-refractivity contribution is 5.64. The molecule has 1 aromatic rings. The monoisotopic (exact) mass is 221 g/mol. The average molecular weight is 221 g/mol. The summed E-state index contributed by atoms with van der Waals surface area (Å²) in [7, 11) is 0. The zero-order chi connectivity index (χ0) is 11.4. The van der Waals surface area contributed by atoms with Crippen molar-refractivity contribution >= 4 is 11.8 Å². The minimum absolute atomic E-state index is 0.246. The van der Waals surface area contributed by atoms with E-state index in [1.54, 1.807) is 12.4 Å². The second-order valence-corrected chi connectivity index (χ2v) is 4.09. The minimum Gasteiger partial charge on any atom is -0.526 e. The lowest BCUT2D eigenvalue weighted by atomic mass is 10.1. The third-order valence-corrected chi connectivity index (χ3v) is 3.03. The largest absolute Gasteiger partial charge is 0.526 e. The van der Waals surface area contributed by atoms with Crippen molar-refractivity contribution in [1.29, 1.82) is 0 Å². The molecule has 0 radical (unpaired) electrons. The van der Waals surface area contributed by atoms with Crippen LogP contribution in [0.5, 0.6) is 0 Å². The number of hydrogen-bond donors (Lipinski definition) is 1. The van der Waals surface area contributed by atoms with Gasteiger partial charge in [-0.25, -0.2) is 5.43 Å². The molecule has 0 aromatic carbocycles. The fraction of sp³-hybridized carbons (Fsp3) is 0.455. The molecule has 16 heavy (non-hydrogen) atoms. The maximum absolute atomic E-state index is 10.8. The highest BCUT2D eigenvalue weighted by Gasteiger charge is 2.33. The normalized spacial score (nSPS) is 19.0. The Morgan fingerprint density at radius 1 is 1.38 bits per heavy atom. The standard InChI is InChI=1S/C11H15N3O2/c15-11(16)13-14(7-2-1-3-8-14)10-5-4-6-12-9-10/h4-6,9,13H,1-3,7-8H2. The van der Waals surface area contributed by atoms with Crippen molar-refractivity contribution in [2.24, 2.45) is 0 Å². The summed E-state index contributed by atoms with van der Waals surface area (Å²) in [6.07, 6.45) is 5.33. The molecule has 1 fully saturated rings. The van der Waals surface area contributed by atoms with Crippen LogP contribution in [-0.2, 0) is 0 Å². The van der Waals surface area contributed by atoms with Gasteiger partial charge in [-0.3, -0.25) is 4.98 Å². The Balaban J connectivity index is 2.29. The van der Waals surface area contributed by atoms with Crippen LogP contribution >= 0.6 is 0 Å². The van der Waals surface area contributed by atoms with Crippen molar-refractivity contribution in [3.63, 3.8) is 0 Å². The van der Waals surface area contributed by atoms with Gasteiger partial charge in [0.2, 0.25) is 0 Å². The molecular weight excluding hydrogens is 206 g/mol. The molecule has 1 N–H and O–H groups in total. The van der Waals surface area contributed by atoms with Crippen molar-refractivity contribution in [1.82, 2.24) is 15.0 Å². The number of quaternary nitrogens is 1. The van der Waals surface area contributed by atoms with Gasteiger partial charge in [0.25, 0.3) is 0 Å². The van der Waals surface area contributed by atoms with Gasteiger partial charge in [-0.15, -0.1) is 0 Å². The fourth-order valence-corrected chi connectivity index (χ4v) is 2.27. The molecule has 1 aliphatic heterocycles. The molecule has 1 aliphatic rings. The predicted molar refractivity (Wildman–Crippen MR) is 58.1 cm³/mol. The summed E-state index contributed by atoms with van der Waals surface area (Å²) in [6, 6.07) is 3.72. The SMILES string of the molecule is O=C([O-])N[N+]1(c2cccnc2)CCCCC1. The molecule has 0 aliphatic carbocycles. The Morgan fingerprint density at radius 3 is 2.69 bits per heavy atom. The average Bonchev–Trinajstić information content (AvgIpc) is 2.30. The number of pyridine rings is 1.